The molecule has 90 valence electrons. The molecule has 3 rings (SSSR count). The number of carbonyl (C=O) groups excluding carboxylic acids is 1. The zero-order valence-corrected chi connectivity index (χ0v) is 10.4. The summed E-state index contributed by atoms with van der Waals surface area (Å²) in [7, 11) is 0. The van der Waals surface area contributed by atoms with Crippen LogP contribution in [0.2, 0.25) is 0 Å². The molecule has 3 nitrogen and oxygen atoms in total. The summed E-state index contributed by atoms with van der Waals surface area (Å²) in [6.45, 7) is 5.38. The predicted octanol–water partition coefficient (Wildman–Crippen LogP) is 1.88. The van der Waals surface area contributed by atoms with Gasteiger partial charge < -0.3 is 4.90 Å². The summed E-state index contributed by atoms with van der Waals surface area (Å²) >= 11 is 0. The van der Waals surface area contributed by atoms with Crippen molar-refractivity contribution in [2.75, 3.05) is 6.54 Å². The van der Waals surface area contributed by atoms with Crippen LogP contribution in [-0.4, -0.2) is 29.1 Å². The molecule has 1 atom stereocenters. The van der Waals surface area contributed by atoms with Gasteiger partial charge in [-0.15, -0.1) is 0 Å². The molecular weight excluding hydrogens is 200 g/mol. The molecule has 0 aromatic rings. The quantitative estimate of drug-likeness (QED) is 0.790. The summed E-state index contributed by atoms with van der Waals surface area (Å²) in [5.41, 5.74) is 0.324. The van der Waals surface area contributed by atoms with Crippen molar-refractivity contribution in [2.24, 2.45) is 5.41 Å². The van der Waals surface area contributed by atoms with Crippen LogP contribution in [0, 0.1) is 5.41 Å². The van der Waals surface area contributed by atoms with E-state index < -0.39 is 0 Å². The third-order valence-electron chi connectivity index (χ3n) is 5.04. The lowest BCUT2D eigenvalue weighted by Crippen LogP contribution is -2.46. The van der Waals surface area contributed by atoms with Crippen molar-refractivity contribution < 1.29 is 4.79 Å². The van der Waals surface area contributed by atoms with E-state index >= 15 is 0 Å². The summed E-state index contributed by atoms with van der Waals surface area (Å²) < 4.78 is 0. The zero-order chi connectivity index (χ0) is 11.4. The topological polar surface area (TPSA) is 32.3 Å². The number of nitrogens with one attached hydrogen (secondary N) is 1. The Balaban J connectivity index is 1.72. The van der Waals surface area contributed by atoms with Crippen molar-refractivity contribution >= 4 is 5.91 Å². The fourth-order valence-corrected chi connectivity index (χ4v) is 3.34. The molecule has 1 amide bonds. The Morgan fingerprint density at radius 1 is 1.38 bits per heavy atom. The van der Waals surface area contributed by atoms with Gasteiger partial charge in [0.1, 0.15) is 0 Å². The molecule has 1 unspecified atom stereocenters. The number of hydrogen-bond acceptors (Lipinski definition) is 2. The Hall–Kier alpha value is -0.570. The third-order valence-corrected chi connectivity index (χ3v) is 5.04. The van der Waals surface area contributed by atoms with E-state index in [1.54, 1.807) is 0 Å². The Kier molecular flexibility index (Phi) is 2.13. The van der Waals surface area contributed by atoms with Crippen LogP contribution in [0.1, 0.15) is 52.4 Å². The molecule has 3 aliphatic rings. The summed E-state index contributed by atoms with van der Waals surface area (Å²) in [5.74, 6) is 0.375. The number of carbonyl (C=O) groups is 1. The van der Waals surface area contributed by atoms with Gasteiger partial charge in [0.25, 0.3) is 0 Å². The molecule has 1 aliphatic heterocycles. The summed E-state index contributed by atoms with van der Waals surface area (Å²) in [4.78, 5) is 14.4. The third kappa shape index (κ3) is 1.33. The summed E-state index contributed by atoms with van der Waals surface area (Å²) in [6.07, 6.45) is 7.54. The first-order valence-corrected chi connectivity index (χ1v) is 6.70. The maximum atomic E-state index is 12.3. The van der Waals surface area contributed by atoms with Crippen LogP contribution in [0.5, 0.6) is 0 Å². The average molecular weight is 222 g/mol. The zero-order valence-electron chi connectivity index (χ0n) is 10.4. The summed E-state index contributed by atoms with van der Waals surface area (Å²) in [6, 6.07) is 0. The molecule has 1 heterocycles. The number of hydrogen-bond donors (Lipinski definition) is 1. The highest BCUT2D eigenvalue weighted by atomic mass is 16.2. The van der Waals surface area contributed by atoms with Crippen LogP contribution in [0.15, 0.2) is 0 Å². The van der Waals surface area contributed by atoms with Gasteiger partial charge in [-0.2, -0.15) is 0 Å². The van der Waals surface area contributed by atoms with E-state index in [2.05, 4.69) is 24.1 Å². The number of amides is 1. The van der Waals surface area contributed by atoms with Crippen LogP contribution in [0.3, 0.4) is 0 Å². The van der Waals surface area contributed by atoms with Gasteiger partial charge >= 0.3 is 0 Å². The van der Waals surface area contributed by atoms with Crippen LogP contribution >= 0.6 is 0 Å². The molecule has 3 heteroatoms. The standard InChI is InChI=1S/C13H22N2O/c1-3-12(5-4-6-12)9-15-10(2)14-13(7-8-13)11(15)16/h10,14H,3-9H2,1-2H3. The van der Waals surface area contributed by atoms with Crippen molar-refractivity contribution in [1.29, 1.82) is 0 Å². The first-order valence-electron chi connectivity index (χ1n) is 6.70. The van der Waals surface area contributed by atoms with Crippen LogP contribution in [-0.2, 0) is 4.79 Å². The Bertz CT molecular complexity index is 312. The van der Waals surface area contributed by atoms with Gasteiger partial charge in [-0.25, -0.2) is 0 Å². The fraction of sp³-hybridized carbons (Fsp3) is 0.923. The molecule has 1 N–H and O–H groups in total. The minimum atomic E-state index is -0.127. The molecule has 0 aromatic carbocycles. The minimum Gasteiger partial charge on any atom is -0.325 e. The highest BCUT2D eigenvalue weighted by Crippen LogP contribution is 2.48. The molecule has 2 saturated carbocycles. The highest BCUT2D eigenvalue weighted by molar-refractivity contribution is 5.91. The van der Waals surface area contributed by atoms with E-state index in [4.69, 9.17) is 0 Å². The van der Waals surface area contributed by atoms with E-state index in [0.717, 1.165) is 19.4 Å². The van der Waals surface area contributed by atoms with Crippen molar-refractivity contribution in [3.05, 3.63) is 0 Å². The van der Waals surface area contributed by atoms with Crippen LogP contribution in [0.4, 0.5) is 0 Å². The molecule has 0 bridgehead atoms. The molecule has 0 aromatic heterocycles. The molecule has 3 fully saturated rings. The van der Waals surface area contributed by atoms with Crippen molar-refractivity contribution in [1.82, 2.24) is 10.2 Å². The van der Waals surface area contributed by atoms with E-state index in [1.807, 2.05) is 0 Å². The fourth-order valence-electron chi connectivity index (χ4n) is 3.34. The molecular formula is C13H22N2O. The maximum absolute atomic E-state index is 12.3. The smallest absolute Gasteiger partial charge is 0.244 e. The predicted molar refractivity (Wildman–Crippen MR) is 62.9 cm³/mol. The summed E-state index contributed by atoms with van der Waals surface area (Å²) in [5, 5.41) is 3.48. The Morgan fingerprint density at radius 3 is 2.44 bits per heavy atom. The average Bonchev–Trinajstić information content (AvgIpc) is 2.93. The van der Waals surface area contributed by atoms with E-state index in [-0.39, 0.29) is 11.7 Å². The lowest BCUT2D eigenvalue weighted by atomic mass is 9.66. The lowest BCUT2D eigenvalue weighted by Gasteiger charge is -2.44. The first-order chi connectivity index (χ1) is 7.61. The van der Waals surface area contributed by atoms with Crippen molar-refractivity contribution in [3.8, 4) is 0 Å². The van der Waals surface area contributed by atoms with E-state index in [1.165, 1.54) is 25.7 Å². The monoisotopic (exact) mass is 222 g/mol. The molecule has 1 saturated heterocycles. The normalized spacial score (nSPS) is 34.2. The van der Waals surface area contributed by atoms with Gasteiger partial charge in [0, 0.05) is 6.54 Å². The van der Waals surface area contributed by atoms with Gasteiger partial charge in [-0.05, 0) is 44.4 Å². The van der Waals surface area contributed by atoms with E-state index in [0.29, 0.717) is 11.3 Å². The maximum Gasteiger partial charge on any atom is 0.244 e. The van der Waals surface area contributed by atoms with Gasteiger partial charge in [0.15, 0.2) is 0 Å². The Labute approximate surface area is 97.6 Å². The second kappa shape index (κ2) is 3.22. The lowest BCUT2D eigenvalue weighted by molar-refractivity contribution is -0.133. The SMILES string of the molecule is CCC1(CN2C(=O)C3(CC3)NC2C)CCC1. The molecule has 2 aliphatic carbocycles. The Morgan fingerprint density at radius 2 is 2.06 bits per heavy atom. The number of nitrogens with zero attached hydrogens (tertiary/aromatic N) is 1. The minimum absolute atomic E-state index is 0.127. The van der Waals surface area contributed by atoms with Gasteiger partial charge in [-0.1, -0.05) is 13.3 Å². The van der Waals surface area contributed by atoms with Crippen LogP contribution in [0.25, 0.3) is 0 Å². The van der Waals surface area contributed by atoms with Crippen molar-refractivity contribution in [3.63, 3.8) is 0 Å². The second-order valence-electron chi connectivity index (χ2n) is 6.04. The first kappa shape index (κ1) is 10.6. The number of rotatable bonds is 3. The highest BCUT2D eigenvalue weighted by Gasteiger charge is 2.59. The second-order valence-corrected chi connectivity index (χ2v) is 6.04. The van der Waals surface area contributed by atoms with Gasteiger partial charge in [0.05, 0.1) is 11.7 Å². The largest absolute Gasteiger partial charge is 0.325 e. The van der Waals surface area contributed by atoms with Gasteiger partial charge in [-0.3, -0.25) is 10.1 Å². The molecule has 1 spiro atoms. The van der Waals surface area contributed by atoms with Crippen molar-refractivity contribution in [2.45, 2.75) is 64.1 Å². The molecule has 0 radical (unpaired) electrons. The van der Waals surface area contributed by atoms with Crippen LogP contribution < -0.4 is 5.32 Å². The van der Waals surface area contributed by atoms with Gasteiger partial charge in [0.2, 0.25) is 5.91 Å². The van der Waals surface area contributed by atoms with E-state index in [9.17, 15) is 4.79 Å². The molecule has 16 heavy (non-hydrogen) atoms.